The maximum Gasteiger partial charge on any atom is 0.330 e. The van der Waals surface area contributed by atoms with Gasteiger partial charge < -0.3 is 4.74 Å². The third-order valence-electron chi connectivity index (χ3n) is 3.71. The average molecular weight is 346 g/mol. The van der Waals surface area contributed by atoms with Crippen LogP contribution in [0.5, 0.6) is 0 Å². The Morgan fingerprint density at radius 3 is 2.60 bits per heavy atom. The van der Waals surface area contributed by atoms with Gasteiger partial charge in [-0.2, -0.15) is 10.2 Å². The summed E-state index contributed by atoms with van der Waals surface area (Å²) in [6.45, 7) is 12.3. The van der Waals surface area contributed by atoms with Crippen LogP contribution < -0.4 is 5.56 Å². The first-order valence-corrected chi connectivity index (χ1v) is 8.49. The van der Waals surface area contributed by atoms with Crippen LogP contribution in [0.25, 0.3) is 10.9 Å². The van der Waals surface area contributed by atoms with E-state index in [-0.39, 0.29) is 23.6 Å². The van der Waals surface area contributed by atoms with Gasteiger partial charge in [0.2, 0.25) is 0 Å². The summed E-state index contributed by atoms with van der Waals surface area (Å²) in [5.41, 5.74) is 0.806. The van der Waals surface area contributed by atoms with Crippen molar-refractivity contribution in [1.29, 1.82) is 0 Å². The van der Waals surface area contributed by atoms with Crippen LogP contribution in [0.2, 0.25) is 0 Å². The van der Waals surface area contributed by atoms with Gasteiger partial charge in [0.1, 0.15) is 5.52 Å². The van der Waals surface area contributed by atoms with Crippen molar-refractivity contribution in [1.82, 2.24) is 19.6 Å². The second-order valence-electron chi connectivity index (χ2n) is 7.17. The number of fused-ring (bicyclic) bond motifs is 1. The van der Waals surface area contributed by atoms with Crippen LogP contribution in [-0.2, 0) is 21.6 Å². The van der Waals surface area contributed by atoms with Crippen molar-refractivity contribution in [3.63, 3.8) is 0 Å². The predicted molar refractivity (Wildman–Crippen MR) is 96.6 cm³/mol. The fourth-order valence-electron chi connectivity index (χ4n) is 2.59. The average Bonchev–Trinajstić information content (AvgIpc) is 2.95. The lowest BCUT2D eigenvalue weighted by atomic mass is 10.1. The standard InChI is InChI=1S/C18H26N4O3/c1-7-25-14(23)9-8-10-21-17(24)16-13(15(20-21)12(2)3)11-19-22(16)18(4,5)6/h8-9,11-12H,7,10H2,1-6H3/b9-8+. The summed E-state index contributed by atoms with van der Waals surface area (Å²) in [6.07, 6.45) is 4.61. The van der Waals surface area contributed by atoms with E-state index in [1.807, 2.05) is 34.6 Å². The third kappa shape index (κ3) is 3.97. The molecule has 0 unspecified atom stereocenters. The lowest BCUT2D eigenvalue weighted by molar-refractivity contribution is -0.137. The predicted octanol–water partition coefficient (Wildman–Crippen LogP) is 2.59. The minimum absolute atomic E-state index is 0.140. The normalized spacial score (nSPS) is 12.4. The van der Waals surface area contributed by atoms with Gasteiger partial charge in [0.05, 0.1) is 30.6 Å². The van der Waals surface area contributed by atoms with Gasteiger partial charge in [0, 0.05) is 11.5 Å². The van der Waals surface area contributed by atoms with Gasteiger partial charge in [0.25, 0.3) is 5.56 Å². The molecule has 0 aliphatic heterocycles. The van der Waals surface area contributed by atoms with Crippen molar-refractivity contribution in [2.45, 2.75) is 59.5 Å². The quantitative estimate of drug-likeness (QED) is 0.614. The molecule has 7 nitrogen and oxygen atoms in total. The number of ether oxygens (including phenoxy) is 1. The number of carbonyl (C=O) groups is 1. The molecule has 0 aliphatic carbocycles. The first-order valence-electron chi connectivity index (χ1n) is 8.49. The Hall–Kier alpha value is -2.44. The summed E-state index contributed by atoms with van der Waals surface area (Å²) >= 11 is 0. The van der Waals surface area contributed by atoms with Gasteiger partial charge >= 0.3 is 5.97 Å². The molecule has 25 heavy (non-hydrogen) atoms. The molecule has 0 fully saturated rings. The molecule has 0 spiro atoms. The minimum atomic E-state index is -0.430. The van der Waals surface area contributed by atoms with Gasteiger partial charge in [-0.05, 0) is 33.6 Å². The Labute approximate surface area is 147 Å². The van der Waals surface area contributed by atoms with Crippen LogP contribution in [0.15, 0.2) is 23.1 Å². The lowest BCUT2D eigenvalue weighted by Gasteiger charge is -2.20. The number of hydrogen-bond acceptors (Lipinski definition) is 5. The monoisotopic (exact) mass is 346 g/mol. The van der Waals surface area contributed by atoms with E-state index in [1.165, 1.54) is 10.8 Å². The Morgan fingerprint density at radius 2 is 2.04 bits per heavy atom. The SMILES string of the molecule is CCOC(=O)/C=C/Cn1nc(C(C)C)c2cnn(C(C)(C)C)c2c1=O. The smallest absolute Gasteiger partial charge is 0.330 e. The second kappa shape index (κ2) is 7.21. The van der Waals surface area contributed by atoms with E-state index in [0.29, 0.717) is 12.1 Å². The van der Waals surface area contributed by atoms with Gasteiger partial charge in [-0.3, -0.25) is 9.48 Å². The van der Waals surface area contributed by atoms with E-state index in [0.717, 1.165) is 11.1 Å². The molecule has 0 atom stereocenters. The van der Waals surface area contributed by atoms with Crippen LogP contribution in [0, 0.1) is 0 Å². The summed E-state index contributed by atoms with van der Waals surface area (Å²) in [5, 5.41) is 9.68. The Balaban J connectivity index is 2.56. The molecule has 7 heteroatoms. The molecule has 2 aromatic heterocycles. The molecule has 0 radical (unpaired) electrons. The number of aromatic nitrogens is 4. The molecule has 0 amide bonds. The number of allylic oxidation sites excluding steroid dienone is 1. The molecule has 0 N–H and O–H groups in total. The second-order valence-corrected chi connectivity index (χ2v) is 7.17. The molecule has 2 rings (SSSR count). The molecule has 2 heterocycles. The van der Waals surface area contributed by atoms with Gasteiger partial charge in [-0.1, -0.05) is 19.9 Å². The molecule has 0 bridgehead atoms. The highest BCUT2D eigenvalue weighted by atomic mass is 16.5. The Kier molecular flexibility index (Phi) is 5.45. The largest absolute Gasteiger partial charge is 0.463 e. The summed E-state index contributed by atoms with van der Waals surface area (Å²) < 4.78 is 7.96. The van der Waals surface area contributed by atoms with Gasteiger partial charge in [-0.15, -0.1) is 0 Å². The maximum absolute atomic E-state index is 12.9. The fraction of sp³-hybridized carbons (Fsp3) is 0.556. The van der Waals surface area contributed by atoms with Gasteiger partial charge in [0.15, 0.2) is 0 Å². The number of nitrogens with zero attached hydrogens (tertiary/aromatic N) is 4. The number of rotatable bonds is 5. The Bertz CT molecular complexity index is 854. The van der Waals surface area contributed by atoms with Crippen molar-refractivity contribution in [2.24, 2.45) is 0 Å². The first-order chi connectivity index (χ1) is 11.7. The van der Waals surface area contributed by atoms with Crippen LogP contribution in [0.4, 0.5) is 0 Å². The van der Waals surface area contributed by atoms with Crippen LogP contribution in [-0.4, -0.2) is 32.1 Å². The van der Waals surface area contributed by atoms with E-state index in [2.05, 4.69) is 10.2 Å². The summed E-state index contributed by atoms with van der Waals surface area (Å²) in [4.78, 5) is 24.3. The molecule has 136 valence electrons. The van der Waals surface area contributed by atoms with Crippen molar-refractivity contribution < 1.29 is 9.53 Å². The zero-order valence-corrected chi connectivity index (χ0v) is 15.7. The number of carbonyl (C=O) groups excluding carboxylic acids is 1. The minimum Gasteiger partial charge on any atom is -0.463 e. The Morgan fingerprint density at radius 1 is 1.36 bits per heavy atom. The van der Waals surface area contributed by atoms with Crippen molar-refractivity contribution in [3.05, 3.63) is 34.4 Å². The molecule has 0 saturated carbocycles. The molecule has 0 saturated heterocycles. The zero-order valence-electron chi connectivity index (χ0n) is 15.7. The highest BCUT2D eigenvalue weighted by Gasteiger charge is 2.23. The topological polar surface area (TPSA) is 79.0 Å². The van der Waals surface area contributed by atoms with E-state index in [4.69, 9.17) is 4.74 Å². The molecule has 2 aromatic rings. The van der Waals surface area contributed by atoms with E-state index in [9.17, 15) is 9.59 Å². The van der Waals surface area contributed by atoms with Crippen LogP contribution >= 0.6 is 0 Å². The molecular weight excluding hydrogens is 320 g/mol. The van der Waals surface area contributed by atoms with Crippen molar-refractivity contribution >= 4 is 16.9 Å². The highest BCUT2D eigenvalue weighted by molar-refractivity contribution is 5.82. The van der Waals surface area contributed by atoms with E-state index < -0.39 is 5.97 Å². The fourth-order valence-corrected chi connectivity index (χ4v) is 2.59. The van der Waals surface area contributed by atoms with Crippen molar-refractivity contribution in [3.8, 4) is 0 Å². The lowest BCUT2D eigenvalue weighted by Crippen LogP contribution is -2.31. The van der Waals surface area contributed by atoms with Crippen LogP contribution in [0.3, 0.4) is 0 Å². The summed E-state index contributed by atoms with van der Waals surface area (Å²) in [6, 6.07) is 0. The number of hydrogen-bond donors (Lipinski definition) is 0. The summed E-state index contributed by atoms with van der Waals surface area (Å²) in [5.74, 6) is -0.290. The molecular formula is C18H26N4O3. The summed E-state index contributed by atoms with van der Waals surface area (Å²) in [7, 11) is 0. The van der Waals surface area contributed by atoms with E-state index >= 15 is 0 Å². The van der Waals surface area contributed by atoms with E-state index in [1.54, 1.807) is 23.9 Å². The number of esters is 1. The zero-order chi connectivity index (χ0) is 18.8. The third-order valence-corrected chi connectivity index (χ3v) is 3.71. The van der Waals surface area contributed by atoms with Crippen molar-refractivity contribution in [2.75, 3.05) is 6.61 Å². The first kappa shape index (κ1) is 18.9. The van der Waals surface area contributed by atoms with Gasteiger partial charge in [-0.25, -0.2) is 9.48 Å². The highest BCUT2D eigenvalue weighted by Crippen LogP contribution is 2.24. The molecule has 0 aromatic carbocycles. The van der Waals surface area contributed by atoms with Crippen LogP contribution in [0.1, 0.15) is 53.2 Å². The maximum atomic E-state index is 12.9. The molecule has 0 aliphatic rings.